The first-order valence-electron chi connectivity index (χ1n) is 10.6. The van der Waals surface area contributed by atoms with Gasteiger partial charge >= 0.3 is 10.2 Å². The van der Waals surface area contributed by atoms with Crippen molar-refractivity contribution in [2.45, 2.75) is 31.3 Å². The van der Waals surface area contributed by atoms with E-state index in [0.717, 1.165) is 29.3 Å². The molecule has 1 saturated carbocycles. The van der Waals surface area contributed by atoms with Crippen LogP contribution in [0.5, 0.6) is 11.5 Å². The fourth-order valence-electron chi connectivity index (χ4n) is 3.85. The molecule has 9 nitrogen and oxygen atoms in total. The normalized spacial score (nSPS) is 18.3. The van der Waals surface area contributed by atoms with E-state index in [1.165, 1.54) is 18.5 Å². The number of rotatable bonds is 7. The van der Waals surface area contributed by atoms with Crippen LogP contribution in [0.3, 0.4) is 0 Å². The Balaban J connectivity index is 1.49. The summed E-state index contributed by atoms with van der Waals surface area (Å²) in [4.78, 5) is 17.1. The van der Waals surface area contributed by atoms with Crippen molar-refractivity contribution in [1.29, 1.82) is 5.26 Å². The summed E-state index contributed by atoms with van der Waals surface area (Å²) in [6, 6.07) is 7.59. The van der Waals surface area contributed by atoms with Crippen molar-refractivity contribution in [2.75, 3.05) is 17.9 Å². The van der Waals surface area contributed by atoms with Gasteiger partial charge in [-0.15, -0.1) is 0 Å². The molecule has 1 aromatic heterocycles. The van der Waals surface area contributed by atoms with Gasteiger partial charge in [-0.2, -0.15) is 18.0 Å². The predicted octanol–water partition coefficient (Wildman–Crippen LogP) is 3.23. The molecule has 2 aliphatic rings. The van der Waals surface area contributed by atoms with Gasteiger partial charge in [0.05, 0.1) is 29.0 Å². The van der Waals surface area contributed by atoms with Gasteiger partial charge in [0.25, 0.3) is 5.56 Å². The van der Waals surface area contributed by atoms with E-state index in [4.69, 9.17) is 4.74 Å². The Kier molecular flexibility index (Phi) is 5.45. The lowest BCUT2D eigenvalue weighted by Gasteiger charge is -2.37. The number of nitriles is 1. The van der Waals surface area contributed by atoms with Crippen molar-refractivity contribution in [2.24, 2.45) is 0 Å². The van der Waals surface area contributed by atoms with Crippen molar-refractivity contribution in [3.05, 3.63) is 58.4 Å². The molecule has 0 radical (unpaired) electrons. The Morgan fingerprint density at radius 1 is 1.24 bits per heavy atom. The molecule has 1 aliphatic heterocycles. The van der Waals surface area contributed by atoms with E-state index in [9.17, 15) is 27.3 Å². The number of hydrogen-bond donors (Lipinski definition) is 1. The molecule has 2 heterocycles. The molecular formula is C22H19F2N5O4S. The molecule has 3 aromatic rings. The molecule has 0 unspecified atom stereocenters. The topological polar surface area (TPSA) is 117 Å². The molecule has 1 saturated heterocycles. The van der Waals surface area contributed by atoms with Crippen molar-refractivity contribution in [3.63, 3.8) is 0 Å². The average Bonchev–Trinajstić information content (AvgIpc) is 3.61. The number of aromatic nitrogens is 2. The standard InChI is InChI=1S/C22H19F2N5O4S/c23-10-14-7-8-29(14)34(31,32)27-20-6-4-18(24)21(17(20)11-25)33-15-3-5-19-16(9-15)22(30)28(12-26-19)13-1-2-13/h3-6,9,12-14,27H,1-2,7-8,10H2/t14-/m0/s1. The molecule has 176 valence electrons. The summed E-state index contributed by atoms with van der Waals surface area (Å²) in [5, 5.41) is 9.93. The first-order chi connectivity index (χ1) is 16.3. The van der Waals surface area contributed by atoms with Crippen molar-refractivity contribution in [1.82, 2.24) is 13.9 Å². The smallest absolute Gasteiger partial charge is 0.302 e. The first-order valence-corrected chi connectivity index (χ1v) is 12.0. The zero-order valence-corrected chi connectivity index (χ0v) is 18.6. The lowest BCUT2D eigenvalue weighted by Crippen LogP contribution is -2.54. The monoisotopic (exact) mass is 487 g/mol. The fraction of sp³-hybridized carbons (Fsp3) is 0.318. The lowest BCUT2D eigenvalue weighted by atomic mass is 10.1. The van der Waals surface area contributed by atoms with Gasteiger partial charge in [0.15, 0.2) is 11.6 Å². The third kappa shape index (κ3) is 3.86. The maximum Gasteiger partial charge on any atom is 0.302 e. The van der Waals surface area contributed by atoms with E-state index in [-0.39, 0.29) is 40.5 Å². The second kappa shape index (κ2) is 8.34. The van der Waals surface area contributed by atoms with Crippen LogP contribution in [0.1, 0.15) is 30.9 Å². The van der Waals surface area contributed by atoms with E-state index in [1.54, 1.807) is 16.7 Å². The number of halogens is 2. The Bertz CT molecular complexity index is 1500. The molecule has 1 atom stereocenters. The second-order valence-electron chi connectivity index (χ2n) is 8.19. The largest absolute Gasteiger partial charge is 0.453 e. The zero-order valence-electron chi connectivity index (χ0n) is 17.7. The van der Waals surface area contributed by atoms with E-state index in [0.29, 0.717) is 11.9 Å². The Morgan fingerprint density at radius 3 is 2.68 bits per heavy atom. The second-order valence-corrected chi connectivity index (χ2v) is 9.82. The van der Waals surface area contributed by atoms with E-state index in [2.05, 4.69) is 9.71 Å². The molecule has 12 heteroatoms. The molecular weight excluding hydrogens is 468 g/mol. The van der Waals surface area contributed by atoms with Crippen LogP contribution < -0.4 is 15.0 Å². The number of hydrogen-bond acceptors (Lipinski definition) is 6. The van der Waals surface area contributed by atoms with Gasteiger partial charge in [0.2, 0.25) is 0 Å². The van der Waals surface area contributed by atoms with Crippen LogP contribution in [0.15, 0.2) is 41.5 Å². The fourth-order valence-corrected chi connectivity index (χ4v) is 5.31. The summed E-state index contributed by atoms with van der Waals surface area (Å²) in [6.07, 6.45) is 3.68. The minimum Gasteiger partial charge on any atom is -0.453 e. The van der Waals surface area contributed by atoms with Gasteiger partial charge in [-0.1, -0.05) is 0 Å². The molecule has 1 aliphatic carbocycles. The molecule has 0 bridgehead atoms. The Labute approximate surface area is 193 Å². The van der Waals surface area contributed by atoms with Crippen molar-refractivity contribution >= 4 is 26.8 Å². The van der Waals surface area contributed by atoms with Crippen LogP contribution in [0.2, 0.25) is 0 Å². The molecule has 5 rings (SSSR count). The maximum atomic E-state index is 14.7. The highest BCUT2D eigenvalue weighted by Gasteiger charge is 2.38. The third-order valence-corrected chi connectivity index (χ3v) is 7.53. The Morgan fingerprint density at radius 2 is 2.03 bits per heavy atom. The van der Waals surface area contributed by atoms with Crippen LogP contribution in [0, 0.1) is 17.1 Å². The summed E-state index contributed by atoms with van der Waals surface area (Å²) >= 11 is 0. The number of fused-ring (bicyclic) bond motifs is 1. The van der Waals surface area contributed by atoms with Gasteiger partial charge in [0, 0.05) is 12.6 Å². The van der Waals surface area contributed by atoms with Gasteiger partial charge in [0.1, 0.15) is 24.1 Å². The van der Waals surface area contributed by atoms with Crippen molar-refractivity contribution < 1.29 is 21.9 Å². The number of benzene rings is 2. The molecule has 2 aromatic carbocycles. The molecule has 0 spiro atoms. The maximum absolute atomic E-state index is 14.7. The van der Waals surface area contributed by atoms with Crippen molar-refractivity contribution in [3.8, 4) is 17.6 Å². The summed E-state index contributed by atoms with van der Waals surface area (Å²) in [5.41, 5.74) is -0.407. The first kappa shape index (κ1) is 22.2. The van der Waals surface area contributed by atoms with Gasteiger partial charge in [-0.3, -0.25) is 14.1 Å². The highest BCUT2D eigenvalue weighted by Crippen LogP contribution is 2.36. The highest BCUT2D eigenvalue weighted by atomic mass is 32.2. The van der Waals surface area contributed by atoms with Crippen LogP contribution >= 0.6 is 0 Å². The zero-order chi connectivity index (χ0) is 24.0. The number of alkyl halides is 1. The summed E-state index contributed by atoms with van der Waals surface area (Å²) in [6.45, 7) is -0.692. The van der Waals surface area contributed by atoms with E-state index in [1.807, 2.05) is 0 Å². The third-order valence-electron chi connectivity index (χ3n) is 5.95. The minimum absolute atomic E-state index is 0.0793. The molecule has 34 heavy (non-hydrogen) atoms. The van der Waals surface area contributed by atoms with Crippen LogP contribution in [0.25, 0.3) is 10.9 Å². The van der Waals surface area contributed by atoms with Crippen LogP contribution in [0.4, 0.5) is 14.5 Å². The average molecular weight is 487 g/mol. The number of nitrogens with zero attached hydrogens (tertiary/aromatic N) is 4. The van der Waals surface area contributed by atoms with Gasteiger partial charge in [-0.25, -0.2) is 13.8 Å². The summed E-state index contributed by atoms with van der Waals surface area (Å²) in [7, 11) is -4.15. The highest BCUT2D eigenvalue weighted by molar-refractivity contribution is 7.90. The van der Waals surface area contributed by atoms with E-state index >= 15 is 0 Å². The lowest BCUT2D eigenvalue weighted by molar-refractivity contribution is 0.164. The van der Waals surface area contributed by atoms with E-state index < -0.39 is 34.5 Å². The van der Waals surface area contributed by atoms with Crippen LogP contribution in [-0.2, 0) is 10.2 Å². The minimum atomic E-state index is -4.15. The number of anilines is 1. The SMILES string of the molecule is N#Cc1c(NS(=O)(=O)N2CC[C@H]2CF)ccc(F)c1Oc1ccc2ncn(C3CC3)c(=O)c2c1. The molecule has 2 fully saturated rings. The number of ether oxygens (including phenoxy) is 1. The molecule has 0 amide bonds. The quantitative estimate of drug-likeness (QED) is 0.547. The summed E-state index contributed by atoms with van der Waals surface area (Å²) in [5.74, 6) is -1.32. The number of nitrogens with one attached hydrogen (secondary N) is 1. The van der Waals surface area contributed by atoms with Crippen LogP contribution in [-0.4, -0.2) is 41.5 Å². The molecule has 1 N–H and O–H groups in total. The Hall–Kier alpha value is -3.56. The summed E-state index contributed by atoms with van der Waals surface area (Å²) < 4.78 is 63.2. The van der Waals surface area contributed by atoms with Gasteiger partial charge in [-0.05, 0) is 49.6 Å². The predicted molar refractivity (Wildman–Crippen MR) is 119 cm³/mol. The van der Waals surface area contributed by atoms with Gasteiger partial charge < -0.3 is 4.74 Å².